The first-order chi connectivity index (χ1) is 9.61. The third-order valence-corrected chi connectivity index (χ3v) is 5.97. The van der Waals surface area contributed by atoms with Crippen LogP contribution in [0.15, 0.2) is 21.5 Å². The second-order valence-electron chi connectivity index (χ2n) is 4.41. The zero-order valence-corrected chi connectivity index (χ0v) is 15.5. The van der Waals surface area contributed by atoms with Crippen LogP contribution in [0.25, 0.3) is 0 Å². The molecular weight excluding hydrogens is 405 g/mol. The number of hydrogen-bond donors (Lipinski definition) is 0. The molecule has 5 nitrogen and oxygen atoms in total. The number of carbonyl (C=O) groups is 1. The molecule has 1 aromatic rings. The summed E-state index contributed by atoms with van der Waals surface area (Å²) in [5.41, 5.74) is 0. The summed E-state index contributed by atoms with van der Waals surface area (Å²) in [6.07, 6.45) is 0. The molecule has 0 N–H and O–H groups in total. The molecule has 9 heteroatoms. The Labute approximate surface area is 142 Å². The van der Waals surface area contributed by atoms with Crippen molar-refractivity contribution >= 4 is 55.1 Å². The first-order valence-electron chi connectivity index (χ1n) is 5.80. The summed E-state index contributed by atoms with van der Waals surface area (Å²) in [7, 11) is -1.32. The maximum atomic E-state index is 12.5. The first-order valence-corrected chi connectivity index (χ1v) is 8.78. The minimum Gasteiger partial charge on any atom is -0.469 e. The summed E-state index contributed by atoms with van der Waals surface area (Å²) < 4.78 is 31.2. The van der Waals surface area contributed by atoms with E-state index in [0.29, 0.717) is 4.47 Å². The highest BCUT2D eigenvalue weighted by atomic mass is 79.9. The van der Waals surface area contributed by atoms with Crippen LogP contribution in [-0.2, 0) is 19.6 Å². The molecule has 0 spiro atoms. The SMILES string of the molecule is COC(=O)C(C)CN(C)S(=O)(=O)c1c(Cl)cc(Br)cc1Cl. The number of ether oxygens (including phenoxy) is 1. The molecule has 0 aliphatic heterocycles. The number of rotatable bonds is 5. The Hall–Kier alpha value is -0.340. The number of carbonyl (C=O) groups excluding carboxylic acids is 1. The molecule has 118 valence electrons. The zero-order valence-electron chi connectivity index (χ0n) is 11.6. The van der Waals surface area contributed by atoms with Gasteiger partial charge in [0.15, 0.2) is 0 Å². The van der Waals surface area contributed by atoms with E-state index in [-0.39, 0.29) is 21.5 Å². The molecule has 0 saturated carbocycles. The van der Waals surface area contributed by atoms with Gasteiger partial charge in [0, 0.05) is 18.1 Å². The van der Waals surface area contributed by atoms with Gasteiger partial charge in [0.05, 0.1) is 23.1 Å². The number of hydrogen-bond acceptors (Lipinski definition) is 4. The van der Waals surface area contributed by atoms with Gasteiger partial charge in [-0.2, -0.15) is 4.31 Å². The molecule has 0 heterocycles. The molecule has 0 radical (unpaired) electrons. The summed E-state index contributed by atoms with van der Waals surface area (Å²) in [5, 5.41) is 0.0129. The number of methoxy groups -OCH3 is 1. The maximum absolute atomic E-state index is 12.5. The lowest BCUT2D eigenvalue weighted by Crippen LogP contribution is -2.34. The second kappa shape index (κ2) is 7.28. The van der Waals surface area contributed by atoms with Crippen molar-refractivity contribution in [2.45, 2.75) is 11.8 Å². The van der Waals surface area contributed by atoms with E-state index in [9.17, 15) is 13.2 Å². The predicted octanol–water partition coefficient (Wildman–Crippen LogP) is 3.19. The van der Waals surface area contributed by atoms with Crippen LogP contribution >= 0.6 is 39.1 Å². The van der Waals surface area contributed by atoms with Crippen molar-refractivity contribution in [1.29, 1.82) is 0 Å². The Morgan fingerprint density at radius 2 is 1.86 bits per heavy atom. The highest BCUT2D eigenvalue weighted by Crippen LogP contribution is 2.34. The van der Waals surface area contributed by atoms with Gasteiger partial charge in [0.2, 0.25) is 10.0 Å². The third-order valence-electron chi connectivity index (χ3n) is 2.77. The zero-order chi connectivity index (χ0) is 16.4. The molecule has 0 aliphatic rings. The van der Waals surface area contributed by atoms with E-state index in [0.717, 1.165) is 4.31 Å². The first kappa shape index (κ1) is 18.7. The van der Waals surface area contributed by atoms with E-state index >= 15 is 0 Å². The summed E-state index contributed by atoms with van der Waals surface area (Å²) >= 11 is 15.1. The van der Waals surface area contributed by atoms with Gasteiger partial charge in [0.1, 0.15) is 4.90 Å². The molecule has 1 atom stereocenters. The molecule has 0 saturated heterocycles. The van der Waals surface area contributed by atoms with Crippen LogP contribution in [0.2, 0.25) is 10.0 Å². The molecule has 1 aromatic carbocycles. The van der Waals surface area contributed by atoms with Crippen LogP contribution in [-0.4, -0.2) is 39.4 Å². The fraction of sp³-hybridized carbons (Fsp3) is 0.417. The van der Waals surface area contributed by atoms with E-state index in [1.165, 1.54) is 26.3 Å². The van der Waals surface area contributed by atoms with Crippen LogP contribution in [0.5, 0.6) is 0 Å². The number of sulfonamides is 1. The molecule has 0 bridgehead atoms. The molecule has 1 unspecified atom stereocenters. The lowest BCUT2D eigenvalue weighted by atomic mass is 10.2. The van der Waals surface area contributed by atoms with E-state index < -0.39 is 21.9 Å². The summed E-state index contributed by atoms with van der Waals surface area (Å²) in [6, 6.07) is 2.88. The molecular formula is C12H14BrCl2NO4S. The van der Waals surface area contributed by atoms with E-state index in [4.69, 9.17) is 23.2 Å². The van der Waals surface area contributed by atoms with Gasteiger partial charge in [-0.25, -0.2) is 8.42 Å². The van der Waals surface area contributed by atoms with Crippen molar-refractivity contribution in [3.05, 3.63) is 26.7 Å². The largest absolute Gasteiger partial charge is 0.469 e. The lowest BCUT2D eigenvalue weighted by molar-refractivity contribution is -0.144. The number of benzene rings is 1. The summed E-state index contributed by atoms with van der Waals surface area (Å²) in [6.45, 7) is 1.53. The Morgan fingerprint density at radius 1 is 1.38 bits per heavy atom. The highest BCUT2D eigenvalue weighted by molar-refractivity contribution is 9.10. The normalized spacial score (nSPS) is 13.3. The van der Waals surface area contributed by atoms with Crippen molar-refractivity contribution in [2.75, 3.05) is 20.7 Å². The van der Waals surface area contributed by atoms with Crippen LogP contribution < -0.4 is 0 Å². The second-order valence-corrected chi connectivity index (χ2v) is 8.12. The van der Waals surface area contributed by atoms with Gasteiger partial charge in [-0.1, -0.05) is 46.1 Å². The third kappa shape index (κ3) is 4.32. The van der Waals surface area contributed by atoms with Crippen molar-refractivity contribution in [1.82, 2.24) is 4.31 Å². The average Bonchev–Trinajstić information content (AvgIpc) is 2.35. The van der Waals surface area contributed by atoms with Crippen LogP contribution in [0.3, 0.4) is 0 Å². The van der Waals surface area contributed by atoms with Crippen LogP contribution in [0, 0.1) is 5.92 Å². The summed E-state index contributed by atoms with van der Waals surface area (Å²) in [5.74, 6) is -1.10. The summed E-state index contributed by atoms with van der Waals surface area (Å²) in [4.78, 5) is 11.2. The standard InChI is InChI=1S/C12H14BrCl2NO4S/c1-7(12(17)20-3)6-16(2)21(18,19)11-9(14)4-8(13)5-10(11)15/h4-5,7H,6H2,1-3H3. The van der Waals surface area contributed by atoms with Crippen LogP contribution in [0.4, 0.5) is 0 Å². The Morgan fingerprint density at radius 3 is 2.29 bits per heavy atom. The Kier molecular flexibility index (Phi) is 6.49. The predicted molar refractivity (Wildman–Crippen MR) is 85.2 cm³/mol. The van der Waals surface area contributed by atoms with Crippen molar-refractivity contribution in [3.8, 4) is 0 Å². The smallest absolute Gasteiger partial charge is 0.309 e. The Bertz CT molecular complexity index is 628. The minimum atomic E-state index is -3.91. The molecule has 0 aliphatic carbocycles. The monoisotopic (exact) mass is 417 g/mol. The highest BCUT2D eigenvalue weighted by Gasteiger charge is 2.29. The van der Waals surface area contributed by atoms with E-state index in [1.807, 2.05) is 0 Å². The maximum Gasteiger partial charge on any atom is 0.309 e. The quantitative estimate of drug-likeness (QED) is 0.688. The van der Waals surface area contributed by atoms with Gasteiger partial charge in [0.25, 0.3) is 0 Å². The number of nitrogens with zero attached hydrogens (tertiary/aromatic N) is 1. The van der Waals surface area contributed by atoms with Crippen LogP contribution in [0.1, 0.15) is 6.92 Å². The van der Waals surface area contributed by atoms with Crippen molar-refractivity contribution in [3.63, 3.8) is 0 Å². The lowest BCUT2D eigenvalue weighted by Gasteiger charge is -2.21. The minimum absolute atomic E-state index is 0.00643. The van der Waals surface area contributed by atoms with E-state index in [1.54, 1.807) is 6.92 Å². The van der Waals surface area contributed by atoms with Gasteiger partial charge in [-0.3, -0.25) is 4.79 Å². The number of esters is 1. The Balaban J connectivity index is 3.15. The van der Waals surface area contributed by atoms with E-state index in [2.05, 4.69) is 20.7 Å². The average molecular weight is 419 g/mol. The molecule has 1 rings (SSSR count). The molecule has 0 fully saturated rings. The molecule has 0 aromatic heterocycles. The van der Waals surface area contributed by atoms with Gasteiger partial charge < -0.3 is 4.74 Å². The van der Waals surface area contributed by atoms with Crippen molar-refractivity contribution in [2.24, 2.45) is 5.92 Å². The van der Waals surface area contributed by atoms with Gasteiger partial charge in [-0.05, 0) is 12.1 Å². The van der Waals surface area contributed by atoms with Crippen molar-refractivity contribution < 1.29 is 17.9 Å². The van der Waals surface area contributed by atoms with Gasteiger partial charge >= 0.3 is 5.97 Å². The van der Waals surface area contributed by atoms with Gasteiger partial charge in [-0.15, -0.1) is 0 Å². The molecule has 21 heavy (non-hydrogen) atoms. The number of halogens is 3. The fourth-order valence-corrected chi connectivity index (χ4v) is 4.83. The molecule has 0 amide bonds. The fourth-order valence-electron chi connectivity index (χ4n) is 1.69. The topological polar surface area (TPSA) is 63.7 Å².